The van der Waals surface area contributed by atoms with Gasteiger partial charge in [0.1, 0.15) is 0 Å². The smallest absolute Gasteiger partial charge is 0.200 e. The van der Waals surface area contributed by atoms with Gasteiger partial charge in [0.25, 0.3) is 0 Å². The molecule has 2 rings (SSSR count). The van der Waals surface area contributed by atoms with Crippen molar-refractivity contribution in [2.75, 3.05) is 0 Å². The number of aromatic nitrogens is 2. The standard InChI is InChI=1S/C11H7BrF5N3/c1-20-11(3(12)2-19-20)10(18)4-5(13)7(15)9(17)8(16)6(4)14/h2,10H,18H2,1H3. The Morgan fingerprint density at radius 1 is 1.05 bits per heavy atom. The summed E-state index contributed by atoms with van der Waals surface area (Å²) < 4.78 is 68.1. The fourth-order valence-electron chi connectivity index (χ4n) is 1.80. The number of rotatable bonds is 2. The molecule has 0 aliphatic carbocycles. The normalized spacial score (nSPS) is 12.8. The highest BCUT2D eigenvalue weighted by molar-refractivity contribution is 9.10. The number of nitrogens with two attached hydrogens (primary N) is 1. The molecule has 3 nitrogen and oxygen atoms in total. The molecular weight excluding hydrogens is 349 g/mol. The van der Waals surface area contributed by atoms with E-state index in [0.717, 1.165) is 0 Å². The van der Waals surface area contributed by atoms with E-state index in [9.17, 15) is 22.0 Å². The Bertz CT molecular complexity index is 637. The molecule has 1 unspecified atom stereocenters. The number of hydrogen-bond acceptors (Lipinski definition) is 2. The molecule has 1 heterocycles. The molecule has 0 saturated carbocycles. The van der Waals surface area contributed by atoms with Gasteiger partial charge in [-0.1, -0.05) is 0 Å². The van der Waals surface area contributed by atoms with Gasteiger partial charge in [-0.05, 0) is 15.9 Å². The second-order valence-corrected chi connectivity index (χ2v) is 4.82. The molecule has 0 aliphatic rings. The summed E-state index contributed by atoms with van der Waals surface area (Å²) >= 11 is 3.05. The minimum absolute atomic E-state index is 0.0770. The molecule has 0 spiro atoms. The molecule has 9 heteroatoms. The minimum Gasteiger partial charge on any atom is -0.319 e. The molecule has 1 aromatic heterocycles. The van der Waals surface area contributed by atoms with E-state index in [1.54, 1.807) is 0 Å². The average molecular weight is 356 g/mol. The molecule has 2 N–H and O–H groups in total. The molecule has 1 atom stereocenters. The first kappa shape index (κ1) is 14.9. The first-order chi connectivity index (χ1) is 9.27. The highest BCUT2D eigenvalue weighted by Gasteiger charge is 2.31. The lowest BCUT2D eigenvalue weighted by Gasteiger charge is -2.16. The molecule has 0 amide bonds. The van der Waals surface area contributed by atoms with E-state index in [-0.39, 0.29) is 10.2 Å². The monoisotopic (exact) mass is 355 g/mol. The van der Waals surface area contributed by atoms with Gasteiger partial charge in [-0.15, -0.1) is 0 Å². The lowest BCUT2D eigenvalue weighted by atomic mass is 10.0. The van der Waals surface area contributed by atoms with Gasteiger partial charge in [0.15, 0.2) is 23.3 Å². The fourth-order valence-corrected chi connectivity index (χ4v) is 2.40. The van der Waals surface area contributed by atoms with E-state index < -0.39 is 40.7 Å². The van der Waals surface area contributed by atoms with E-state index in [1.165, 1.54) is 17.9 Å². The van der Waals surface area contributed by atoms with Gasteiger partial charge in [0, 0.05) is 7.05 Å². The molecule has 20 heavy (non-hydrogen) atoms. The molecule has 0 saturated heterocycles. The van der Waals surface area contributed by atoms with Crippen LogP contribution in [0.2, 0.25) is 0 Å². The summed E-state index contributed by atoms with van der Waals surface area (Å²) in [5.41, 5.74) is 4.60. The zero-order valence-corrected chi connectivity index (χ0v) is 11.5. The van der Waals surface area contributed by atoms with Gasteiger partial charge in [-0.2, -0.15) is 5.10 Å². The van der Waals surface area contributed by atoms with Gasteiger partial charge in [-0.25, -0.2) is 22.0 Å². The number of hydrogen-bond donors (Lipinski definition) is 1. The summed E-state index contributed by atoms with van der Waals surface area (Å²) in [6, 6.07) is -1.57. The predicted octanol–water partition coefficient (Wildman–Crippen LogP) is 2.93. The quantitative estimate of drug-likeness (QED) is 0.511. The van der Waals surface area contributed by atoms with Crippen LogP contribution in [0.4, 0.5) is 22.0 Å². The fraction of sp³-hybridized carbons (Fsp3) is 0.182. The summed E-state index contributed by atoms with van der Waals surface area (Å²) in [6.07, 6.45) is 1.29. The van der Waals surface area contributed by atoms with Crippen molar-refractivity contribution in [1.82, 2.24) is 9.78 Å². The van der Waals surface area contributed by atoms with E-state index >= 15 is 0 Å². The first-order valence-corrected chi connectivity index (χ1v) is 6.01. The average Bonchev–Trinajstić information content (AvgIpc) is 2.73. The van der Waals surface area contributed by atoms with E-state index in [4.69, 9.17) is 5.73 Å². The van der Waals surface area contributed by atoms with Crippen molar-refractivity contribution in [2.24, 2.45) is 12.8 Å². The summed E-state index contributed by atoms with van der Waals surface area (Å²) in [7, 11) is 1.42. The molecule has 0 radical (unpaired) electrons. The van der Waals surface area contributed by atoms with E-state index in [0.29, 0.717) is 0 Å². The molecule has 2 aromatic rings. The third-order valence-corrected chi connectivity index (χ3v) is 3.40. The lowest BCUT2D eigenvalue weighted by Crippen LogP contribution is -2.21. The second-order valence-electron chi connectivity index (χ2n) is 3.96. The summed E-state index contributed by atoms with van der Waals surface area (Å²) in [4.78, 5) is 0. The first-order valence-electron chi connectivity index (χ1n) is 5.21. The maximum Gasteiger partial charge on any atom is 0.200 e. The Hall–Kier alpha value is -1.48. The molecule has 1 aromatic carbocycles. The van der Waals surface area contributed by atoms with Gasteiger partial charge in [0.05, 0.1) is 28.0 Å². The van der Waals surface area contributed by atoms with Crippen LogP contribution in [0, 0.1) is 29.1 Å². The number of nitrogens with zero attached hydrogens (tertiary/aromatic N) is 2. The Labute approximate surface area is 118 Å². The van der Waals surface area contributed by atoms with Crippen LogP contribution < -0.4 is 5.73 Å². The maximum atomic E-state index is 13.7. The van der Waals surface area contributed by atoms with Crippen molar-refractivity contribution in [3.05, 3.63) is 51.0 Å². The summed E-state index contributed by atoms with van der Waals surface area (Å²) in [5, 5.41) is 3.77. The van der Waals surface area contributed by atoms with E-state index in [2.05, 4.69) is 21.0 Å². The largest absolute Gasteiger partial charge is 0.319 e. The summed E-state index contributed by atoms with van der Waals surface area (Å²) in [5.74, 6) is -10.2. The van der Waals surface area contributed by atoms with Crippen molar-refractivity contribution in [3.63, 3.8) is 0 Å². The second kappa shape index (κ2) is 5.13. The molecule has 108 valence electrons. The molecule has 0 bridgehead atoms. The number of halogens is 6. The molecule has 0 fully saturated rings. The Morgan fingerprint density at radius 2 is 1.50 bits per heavy atom. The Kier molecular flexibility index (Phi) is 3.83. The Balaban J connectivity index is 2.71. The highest BCUT2D eigenvalue weighted by atomic mass is 79.9. The SMILES string of the molecule is Cn1ncc(Br)c1C(N)c1c(F)c(F)c(F)c(F)c1F. The van der Waals surface area contributed by atoms with Crippen molar-refractivity contribution < 1.29 is 22.0 Å². The third-order valence-electron chi connectivity index (χ3n) is 2.79. The molecular formula is C11H7BrF5N3. The van der Waals surface area contributed by atoms with Gasteiger partial charge >= 0.3 is 0 Å². The minimum atomic E-state index is -2.22. The van der Waals surface area contributed by atoms with Crippen molar-refractivity contribution in [3.8, 4) is 0 Å². The van der Waals surface area contributed by atoms with Crippen LogP contribution in [-0.2, 0) is 7.05 Å². The van der Waals surface area contributed by atoms with Crippen LogP contribution in [0.5, 0.6) is 0 Å². The van der Waals surface area contributed by atoms with Crippen molar-refractivity contribution in [2.45, 2.75) is 6.04 Å². The van der Waals surface area contributed by atoms with Crippen LogP contribution in [0.15, 0.2) is 10.7 Å². The van der Waals surface area contributed by atoms with Crippen LogP contribution in [-0.4, -0.2) is 9.78 Å². The highest BCUT2D eigenvalue weighted by Crippen LogP contribution is 2.32. The maximum absolute atomic E-state index is 13.7. The zero-order valence-electron chi connectivity index (χ0n) is 9.89. The topological polar surface area (TPSA) is 43.8 Å². The van der Waals surface area contributed by atoms with E-state index in [1.807, 2.05) is 0 Å². The molecule has 0 aliphatic heterocycles. The zero-order chi connectivity index (χ0) is 15.2. The van der Waals surface area contributed by atoms with Gasteiger partial charge in [-0.3, -0.25) is 4.68 Å². The van der Waals surface area contributed by atoms with Crippen LogP contribution in [0.1, 0.15) is 17.3 Å². The lowest BCUT2D eigenvalue weighted by molar-refractivity contribution is 0.366. The van der Waals surface area contributed by atoms with Crippen LogP contribution >= 0.6 is 15.9 Å². The van der Waals surface area contributed by atoms with Crippen LogP contribution in [0.25, 0.3) is 0 Å². The van der Waals surface area contributed by atoms with Crippen molar-refractivity contribution in [1.29, 1.82) is 0 Å². The number of benzene rings is 1. The third kappa shape index (κ3) is 2.10. The number of aryl methyl sites for hydroxylation is 1. The predicted molar refractivity (Wildman–Crippen MR) is 63.2 cm³/mol. The summed E-state index contributed by atoms with van der Waals surface area (Å²) in [6.45, 7) is 0. The van der Waals surface area contributed by atoms with Crippen molar-refractivity contribution >= 4 is 15.9 Å². The van der Waals surface area contributed by atoms with Gasteiger partial charge < -0.3 is 5.73 Å². The Morgan fingerprint density at radius 3 is 1.90 bits per heavy atom. The van der Waals surface area contributed by atoms with Crippen LogP contribution in [0.3, 0.4) is 0 Å². The van der Waals surface area contributed by atoms with Gasteiger partial charge in [0.2, 0.25) is 5.82 Å².